The summed E-state index contributed by atoms with van der Waals surface area (Å²) in [6.45, 7) is 4.27. The lowest BCUT2D eigenvalue weighted by Gasteiger charge is -2.39. The predicted molar refractivity (Wildman–Crippen MR) is 117 cm³/mol. The Kier molecular flexibility index (Phi) is 8.03. The van der Waals surface area contributed by atoms with Gasteiger partial charge in [0.05, 0.1) is 13.2 Å². The molecular weight excluding hydrogens is 396 g/mol. The van der Waals surface area contributed by atoms with Gasteiger partial charge in [0.25, 0.3) is 0 Å². The highest BCUT2D eigenvalue weighted by Gasteiger charge is 2.50. The van der Waals surface area contributed by atoms with Gasteiger partial charge in [0.1, 0.15) is 11.6 Å². The number of imide groups is 1. The summed E-state index contributed by atoms with van der Waals surface area (Å²) in [5, 5.41) is 3.30. The van der Waals surface area contributed by atoms with Gasteiger partial charge in [-0.15, -0.1) is 0 Å². The summed E-state index contributed by atoms with van der Waals surface area (Å²) in [5.74, 6) is -1.09. The molecule has 2 aliphatic rings. The van der Waals surface area contributed by atoms with E-state index in [1.165, 1.54) is 4.90 Å². The van der Waals surface area contributed by atoms with Crippen molar-refractivity contribution in [2.45, 2.75) is 51.6 Å². The van der Waals surface area contributed by atoms with Crippen LogP contribution in [0, 0.1) is 5.41 Å². The monoisotopic (exact) mass is 430 g/mol. The SMILES string of the molecule is CCCN(C(=O)N(CCc1ccccc1)C(=O)C1(C(N)=O)CCCC1)[C@@H]1COCCN1. The van der Waals surface area contributed by atoms with Crippen LogP contribution in [0.25, 0.3) is 0 Å². The number of ether oxygens (including phenoxy) is 1. The Morgan fingerprint density at radius 2 is 1.87 bits per heavy atom. The second-order valence-corrected chi connectivity index (χ2v) is 8.37. The van der Waals surface area contributed by atoms with Crippen LogP contribution in [0.5, 0.6) is 0 Å². The molecule has 1 saturated carbocycles. The van der Waals surface area contributed by atoms with Crippen LogP contribution in [0.1, 0.15) is 44.6 Å². The Bertz CT molecular complexity index is 758. The van der Waals surface area contributed by atoms with E-state index in [1.54, 1.807) is 4.90 Å². The molecule has 0 radical (unpaired) electrons. The molecule has 1 atom stereocenters. The number of urea groups is 1. The first-order valence-corrected chi connectivity index (χ1v) is 11.3. The van der Waals surface area contributed by atoms with Gasteiger partial charge in [-0.25, -0.2) is 4.79 Å². The summed E-state index contributed by atoms with van der Waals surface area (Å²) >= 11 is 0. The molecule has 3 rings (SSSR count). The number of hydrogen-bond donors (Lipinski definition) is 2. The standard InChI is InChI=1S/C23H34N4O4/c1-2-14-26(19-17-31-16-13-25-19)22(30)27(15-10-18-8-4-3-5-9-18)21(29)23(20(24)28)11-6-7-12-23/h3-5,8-9,19,25H,2,6-7,10-17H2,1H3,(H2,24,28)/t19-/m1/s1. The summed E-state index contributed by atoms with van der Waals surface area (Å²) in [7, 11) is 0. The molecule has 0 spiro atoms. The van der Waals surface area contributed by atoms with E-state index >= 15 is 0 Å². The van der Waals surface area contributed by atoms with E-state index in [-0.39, 0.29) is 12.7 Å². The highest BCUT2D eigenvalue weighted by atomic mass is 16.5. The third-order valence-corrected chi connectivity index (χ3v) is 6.27. The van der Waals surface area contributed by atoms with Gasteiger partial charge < -0.3 is 15.4 Å². The van der Waals surface area contributed by atoms with Crippen molar-refractivity contribution in [3.63, 3.8) is 0 Å². The lowest BCUT2D eigenvalue weighted by atomic mass is 9.83. The molecule has 2 fully saturated rings. The fourth-order valence-electron chi connectivity index (χ4n) is 4.50. The minimum atomic E-state index is -1.29. The number of primary amides is 1. The van der Waals surface area contributed by atoms with Crippen LogP contribution in [0.15, 0.2) is 30.3 Å². The van der Waals surface area contributed by atoms with E-state index in [4.69, 9.17) is 10.5 Å². The van der Waals surface area contributed by atoms with E-state index < -0.39 is 23.3 Å². The molecule has 0 aromatic heterocycles. The summed E-state index contributed by atoms with van der Waals surface area (Å²) in [6, 6.07) is 9.32. The maximum Gasteiger partial charge on any atom is 0.328 e. The fourth-order valence-corrected chi connectivity index (χ4v) is 4.50. The van der Waals surface area contributed by atoms with Crippen molar-refractivity contribution in [2.75, 3.05) is 32.8 Å². The molecule has 1 heterocycles. The second-order valence-electron chi connectivity index (χ2n) is 8.37. The van der Waals surface area contributed by atoms with Crippen molar-refractivity contribution >= 4 is 17.8 Å². The Morgan fingerprint density at radius 1 is 1.16 bits per heavy atom. The number of nitrogens with one attached hydrogen (secondary N) is 1. The minimum Gasteiger partial charge on any atom is -0.377 e. The quantitative estimate of drug-likeness (QED) is 0.613. The molecule has 1 aliphatic carbocycles. The highest BCUT2D eigenvalue weighted by molar-refractivity contribution is 6.09. The van der Waals surface area contributed by atoms with Gasteiger partial charge in [0.2, 0.25) is 11.8 Å². The maximum absolute atomic E-state index is 13.7. The average Bonchev–Trinajstić information content (AvgIpc) is 3.30. The van der Waals surface area contributed by atoms with Crippen LogP contribution in [0.2, 0.25) is 0 Å². The van der Waals surface area contributed by atoms with Crippen molar-refractivity contribution in [1.82, 2.24) is 15.1 Å². The molecule has 0 unspecified atom stereocenters. The third kappa shape index (κ3) is 5.25. The predicted octanol–water partition coefficient (Wildman–Crippen LogP) is 1.88. The molecule has 1 aromatic carbocycles. The van der Waals surface area contributed by atoms with Crippen LogP contribution in [-0.2, 0) is 20.7 Å². The lowest BCUT2D eigenvalue weighted by molar-refractivity contribution is -0.147. The molecule has 4 amide bonds. The van der Waals surface area contributed by atoms with Gasteiger partial charge in [-0.1, -0.05) is 50.1 Å². The largest absolute Gasteiger partial charge is 0.377 e. The maximum atomic E-state index is 13.7. The van der Waals surface area contributed by atoms with Gasteiger partial charge in [0, 0.05) is 19.6 Å². The number of carbonyl (C=O) groups is 3. The van der Waals surface area contributed by atoms with E-state index in [9.17, 15) is 14.4 Å². The molecule has 31 heavy (non-hydrogen) atoms. The molecule has 1 aliphatic heterocycles. The number of hydrogen-bond acceptors (Lipinski definition) is 5. The Hall–Kier alpha value is -2.45. The van der Waals surface area contributed by atoms with Crippen LogP contribution < -0.4 is 11.1 Å². The number of rotatable bonds is 8. The molecular formula is C23H34N4O4. The minimum absolute atomic E-state index is 0.199. The van der Waals surface area contributed by atoms with Crippen molar-refractivity contribution in [3.05, 3.63) is 35.9 Å². The lowest BCUT2D eigenvalue weighted by Crippen LogP contribution is -2.61. The number of carbonyl (C=O) groups excluding carboxylic acids is 3. The molecule has 0 bridgehead atoms. The summed E-state index contributed by atoms with van der Waals surface area (Å²) in [6.07, 6.45) is 3.26. The second kappa shape index (κ2) is 10.7. The Balaban J connectivity index is 1.88. The molecule has 1 aromatic rings. The van der Waals surface area contributed by atoms with Gasteiger partial charge in [-0.05, 0) is 31.2 Å². The van der Waals surface area contributed by atoms with Crippen molar-refractivity contribution in [2.24, 2.45) is 11.1 Å². The number of benzene rings is 1. The third-order valence-electron chi connectivity index (χ3n) is 6.27. The number of morpholine rings is 1. The van der Waals surface area contributed by atoms with Gasteiger partial charge >= 0.3 is 6.03 Å². The van der Waals surface area contributed by atoms with Crippen molar-refractivity contribution in [1.29, 1.82) is 0 Å². The van der Waals surface area contributed by atoms with Crippen LogP contribution in [0.3, 0.4) is 0 Å². The average molecular weight is 431 g/mol. The molecule has 3 N–H and O–H groups in total. The van der Waals surface area contributed by atoms with E-state index in [0.717, 1.165) is 24.8 Å². The number of nitrogens with zero attached hydrogens (tertiary/aromatic N) is 2. The topological polar surface area (TPSA) is 105 Å². The Morgan fingerprint density at radius 3 is 2.45 bits per heavy atom. The first-order valence-electron chi connectivity index (χ1n) is 11.3. The normalized spacial score (nSPS) is 20.2. The summed E-state index contributed by atoms with van der Waals surface area (Å²) in [5.41, 5.74) is 5.44. The first kappa shape index (κ1) is 23.2. The fraction of sp³-hybridized carbons (Fsp3) is 0.609. The number of nitrogens with two attached hydrogens (primary N) is 1. The highest BCUT2D eigenvalue weighted by Crippen LogP contribution is 2.40. The van der Waals surface area contributed by atoms with Crippen LogP contribution in [0.4, 0.5) is 4.79 Å². The Labute approximate surface area is 184 Å². The molecule has 170 valence electrons. The van der Waals surface area contributed by atoms with E-state index in [1.807, 2.05) is 37.3 Å². The van der Waals surface area contributed by atoms with Crippen LogP contribution >= 0.6 is 0 Å². The molecule has 8 nitrogen and oxygen atoms in total. The van der Waals surface area contributed by atoms with Gasteiger partial charge in [-0.3, -0.25) is 19.8 Å². The van der Waals surface area contributed by atoms with Crippen molar-refractivity contribution in [3.8, 4) is 0 Å². The molecule has 8 heteroatoms. The van der Waals surface area contributed by atoms with E-state index in [0.29, 0.717) is 45.6 Å². The zero-order valence-electron chi connectivity index (χ0n) is 18.3. The van der Waals surface area contributed by atoms with Gasteiger partial charge in [0.15, 0.2) is 0 Å². The zero-order chi connectivity index (χ0) is 22.3. The summed E-state index contributed by atoms with van der Waals surface area (Å²) in [4.78, 5) is 42.7. The summed E-state index contributed by atoms with van der Waals surface area (Å²) < 4.78 is 5.55. The molecule has 1 saturated heterocycles. The van der Waals surface area contributed by atoms with E-state index in [2.05, 4.69) is 5.32 Å². The van der Waals surface area contributed by atoms with Crippen molar-refractivity contribution < 1.29 is 19.1 Å². The smallest absolute Gasteiger partial charge is 0.328 e. The first-order chi connectivity index (χ1) is 15.0. The zero-order valence-corrected chi connectivity index (χ0v) is 18.3. The van der Waals surface area contributed by atoms with Crippen LogP contribution in [-0.4, -0.2) is 66.7 Å². The number of amides is 4. The van der Waals surface area contributed by atoms with Gasteiger partial charge in [-0.2, -0.15) is 0 Å².